The Morgan fingerprint density at radius 2 is 1.43 bits per heavy atom. The Kier molecular flexibility index (Phi) is 11.4. The van der Waals surface area contributed by atoms with Gasteiger partial charge in [0.2, 0.25) is 21.8 Å². The molecule has 2 unspecified atom stereocenters. The predicted octanol–water partition coefficient (Wildman–Crippen LogP) is 2.99. The first-order chi connectivity index (χ1) is 19.2. The summed E-state index contributed by atoms with van der Waals surface area (Å²) in [5, 5.41) is 13.2. The number of nitrogens with two attached hydrogens (primary N) is 1. The van der Waals surface area contributed by atoms with Gasteiger partial charge in [-0.15, -0.1) is 0 Å². The highest BCUT2D eigenvalue weighted by Gasteiger charge is 2.29. The monoisotopic (exact) mass is 563 g/mol. The maximum absolute atomic E-state index is 13.5. The Morgan fingerprint density at radius 3 is 2.00 bits per heavy atom. The fourth-order valence-corrected chi connectivity index (χ4v) is 5.49. The van der Waals surface area contributed by atoms with Crippen LogP contribution in [0.4, 0.5) is 0 Å². The number of hydrogen-bond acceptors (Lipinski definition) is 5. The van der Waals surface area contributed by atoms with Gasteiger partial charge in [0.25, 0.3) is 0 Å². The van der Waals surface area contributed by atoms with Gasteiger partial charge in [-0.25, -0.2) is 13.1 Å². The Labute approximate surface area is 236 Å². The van der Waals surface area contributed by atoms with Gasteiger partial charge in [0, 0.05) is 12.1 Å². The third-order valence-electron chi connectivity index (χ3n) is 6.33. The van der Waals surface area contributed by atoms with Crippen LogP contribution >= 0.6 is 0 Å². The lowest BCUT2D eigenvalue weighted by atomic mass is 10.0. The number of carbonyl (C=O) groups is 2. The number of nitrogens with one attached hydrogen (secondary N) is 4. The molecule has 40 heavy (non-hydrogen) atoms. The van der Waals surface area contributed by atoms with E-state index in [1.54, 1.807) is 54.6 Å². The average Bonchev–Trinajstić information content (AvgIpc) is 2.94. The van der Waals surface area contributed by atoms with E-state index in [1.807, 2.05) is 37.3 Å². The molecule has 212 valence electrons. The van der Waals surface area contributed by atoms with Gasteiger partial charge in [0.1, 0.15) is 17.9 Å². The third-order valence-corrected chi connectivity index (χ3v) is 7.69. The maximum atomic E-state index is 13.5. The second kappa shape index (κ2) is 14.9. The molecule has 0 saturated heterocycles. The molecule has 0 heterocycles. The molecule has 2 atom stereocenters. The SMILES string of the molecule is CCCCC(NC(=O)C(Cc1ccccc1)NS(=O)(=O)Cc1ccccc1)C(=O)NCc1ccc(C(=N)N)cc1. The smallest absolute Gasteiger partial charge is 0.242 e. The lowest BCUT2D eigenvalue weighted by Gasteiger charge is -2.23. The molecule has 0 saturated carbocycles. The topological polar surface area (TPSA) is 154 Å². The Hall–Kier alpha value is -4.02. The normalized spacial score (nSPS) is 12.7. The van der Waals surface area contributed by atoms with Crippen LogP contribution in [0.1, 0.15) is 48.4 Å². The van der Waals surface area contributed by atoms with E-state index in [4.69, 9.17) is 11.1 Å². The quantitative estimate of drug-likeness (QED) is 0.142. The molecule has 3 aromatic rings. The number of rotatable bonds is 15. The van der Waals surface area contributed by atoms with E-state index in [1.165, 1.54) is 0 Å². The molecule has 9 nitrogen and oxygen atoms in total. The number of unbranched alkanes of at least 4 members (excludes halogenated alkanes) is 1. The second-order valence-corrected chi connectivity index (χ2v) is 11.4. The summed E-state index contributed by atoms with van der Waals surface area (Å²) in [6, 6.07) is 22.9. The van der Waals surface area contributed by atoms with Crippen molar-refractivity contribution in [2.45, 2.75) is 57.0 Å². The van der Waals surface area contributed by atoms with Crippen molar-refractivity contribution in [3.8, 4) is 0 Å². The molecule has 0 aliphatic rings. The summed E-state index contributed by atoms with van der Waals surface area (Å²) in [6.07, 6.45) is 2.07. The lowest BCUT2D eigenvalue weighted by molar-refractivity contribution is -0.130. The van der Waals surface area contributed by atoms with Crippen LogP contribution in [0.15, 0.2) is 84.9 Å². The second-order valence-electron chi connectivity index (χ2n) is 9.64. The van der Waals surface area contributed by atoms with Gasteiger partial charge in [0.05, 0.1) is 5.75 Å². The first-order valence-corrected chi connectivity index (χ1v) is 14.9. The molecule has 3 aromatic carbocycles. The number of amidine groups is 1. The van der Waals surface area contributed by atoms with Gasteiger partial charge in [-0.3, -0.25) is 15.0 Å². The van der Waals surface area contributed by atoms with Crippen molar-refractivity contribution in [3.63, 3.8) is 0 Å². The van der Waals surface area contributed by atoms with Crippen molar-refractivity contribution in [1.82, 2.24) is 15.4 Å². The van der Waals surface area contributed by atoms with E-state index in [0.717, 1.165) is 17.5 Å². The number of carbonyl (C=O) groups excluding carboxylic acids is 2. The third kappa shape index (κ3) is 9.94. The lowest BCUT2D eigenvalue weighted by Crippen LogP contribution is -2.54. The number of hydrogen-bond donors (Lipinski definition) is 5. The van der Waals surface area contributed by atoms with Gasteiger partial charge < -0.3 is 16.4 Å². The fraction of sp³-hybridized carbons (Fsp3) is 0.300. The molecule has 10 heteroatoms. The molecule has 0 spiro atoms. The molecule has 0 bridgehead atoms. The van der Waals surface area contributed by atoms with E-state index in [-0.39, 0.29) is 30.5 Å². The minimum Gasteiger partial charge on any atom is -0.384 e. The summed E-state index contributed by atoms with van der Waals surface area (Å²) < 4.78 is 28.6. The molecular weight excluding hydrogens is 526 g/mol. The van der Waals surface area contributed by atoms with E-state index in [2.05, 4.69) is 15.4 Å². The van der Waals surface area contributed by atoms with Gasteiger partial charge >= 0.3 is 0 Å². The van der Waals surface area contributed by atoms with E-state index in [0.29, 0.717) is 24.0 Å². The zero-order valence-corrected chi connectivity index (χ0v) is 23.4. The van der Waals surface area contributed by atoms with Crippen LogP contribution in [0, 0.1) is 5.41 Å². The summed E-state index contributed by atoms with van der Waals surface area (Å²) in [5.74, 6) is -1.23. The first kappa shape index (κ1) is 30.5. The van der Waals surface area contributed by atoms with Crippen LogP contribution < -0.4 is 21.1 Å². The minimum atomic E-state index is -3.86. The summed E-state index contributed by atoms with van der Waals surface area (Å²) in [5.41, 5.74) is 8.29. The molecule has 6 N–H and O–H groups in total. The highest BCUT2D eigenvalue weighted by molar-refractivity contribution is 7.88. The van der Waals surface area contributed by atoms with E-state index in [9.17, 15) is 18.0 Å². The van der Waals surface area contributed by atoms with Crippen LogP contribution in [0.25, 0.3) is 0 Å². The molecule has 0 aliphatic carbocycles. The molecule has 0 radical (unpaired) electrons. The van der Waals surface area contributed by atoms with Crippen LogP contribution in [-0.4, -0.2) is 38.2 Å². The molecular formula is C30H37N5O4S. The van der Waals surface area contributed by atoms with Crippen molar-refractivity contribution >= 4 is 27.7 Å². The van der Waals surface area contributed by atoms with Crippen molar-refractivity contribution in [1.29, 1.82) is 5.41 Å². The number of sulfonamides is 1. The number of benzene rings is 3. The fourth-order valence-electron chi connectivity index (χ4n) is 4.15. The van der Waals surface area contributed by atoms with E-state index < -0.39 is 28.0 Å². The molecule has 0 aromatic heterocycles. The summed E-state index contributed by atoms with van der Waals surface area (Å²) in [7, 11) is -3.86. The largest absolute Gasteiger partial charge is 0.384 e. The zero-order chi connectivity index (χ0) is 29.0. The predicted molar refractivity (Wildman–Crippen MR) is 157 cm³/mol. The Morgan fingerprint density at radius 1 is 0.825 bits per heavy atom. The minimum absolute atomic E-state index is 0.0395. The van der Waals surface area contributed by atoms with Crippen molar-refractivity contribution in [3.05, 3.63) is 107 Å². The van der Waals surface area contributed by atoms with Crippen molar-refractivity contribution in [2.75, 3.05) is 0 Å². The summed E-state index contributed by atoms with van der Waals surface area (Å²) in [6.45, 7) is 2.22. The maximum Gasteiger partial charge on any atom is 0.242 e. The molecule has 0 fully saturated rings. The Balaban J connectivity index is 1.73. The van der Waals surface area contributed by atoms with Crippen LogP contribution in [-0.2, 0) is 38.3 Å². The number of nitrogen functional groups attached to an aromatic ring is 1. The highest BCUT2D eigenvalue weighted by Crippen LogP contribution is 2.11. The van der Waals surface area contributed by atoms with Gasteiger partial charge in [-0.05, 0) is 29.5 Å². The van der Waals surface area contributed by atoms with Gasteiger partial charge in [0.15, 0.2) is 0 Å². The molecule has 0 aliphatic heterocycles. The first-order valence-electron chi connectivity index (χ1n) is 13.3. The van der Waals surface area contributed by atoms with Crippen LogP contribution in [0.2, 0.25) is 0 Å². The van der Waals surface area contributed by atoms with Crippen molar-refractivity contribution in [2.24, 2.45) is 5.73 Å². The van der Waals surface area contributed by atoms with Gasteiger partial charge in [-0.1, -0.05) is 105 Å². The Bertz CT molecular complexity index is 1360. The van der Waals surface area contributed by atoms with Crippen molar-refractivity contribution < 1.29 is 18.0 Å². The zero-order valence-electron chi connectivity index (χ0n) is 22.6. The van der Waals surface area contributed by atoms with Gasteiger partial charge in [-0.2, -0.15) is 0 Å². The summed E-state index contributed by atoms with van der Waals surface area (Å²) in [4.78, 5) is 26.6. The van der Waals surface area contributed by atoms with Crippen LogP contribution in [0.5, 0.6) is 0 Å². The molecule has 3 rings (SSSR count). The molecule has 2 amide bonds. The van der Waals surface area contributed by atoms with Crippen LogP contribution in [0.3, 0.4) is 0 Å². The summed E-state index contributed by atoms with van der Waals surface area (Å²) >= 11 is 0. The highest BCUT2D eigenvalue weighted by atomic mass is 32.2. The number of amides is 2. The standard InChI is InChI=1S/C30H37N5O4S/c1-2-3-14-26(29(36)33-20-23-15-17-25(18-16-23)28(31)32)34-30(37)27(19-22-10-6-4-7-11-22)35-40(38,39)21-24-12-8-5-9-13-24/h4-13,15-18,26-27,35H,2-3,14,19-21H2,1H3,(H3,31,32)(H,33,36)(H,34,37). The average molecular weight is 564 g/mol. The van der Waals surface area contributed by atoms with E-state index >= 15 is 0 Å².